The van der Waals surface area contributed by atoms with Crippen molar-refractivity contribution < 1.29 is 24.6 Å². The topological polar surface area (TPSA) is 91.7 Å². The number of Topliss-reactive ketones (excluding diaryl/α,β-unsaturated/α-hetero) is 1. The molecule has 0 amide bonds. The predicted molar refractivity (Wildman–Crippen MR) is 77.2 cm³/mol. The molecule has 6 heteroatoms. The van der Waals surface area contributed by atoms with Crippen LogP contribution in [0.3, 0.4) is 0 Å². The highest BCUT2D eigenvalue weighted by Gasteiger charge is 2.18. The Kier molecular flexibility index (Phi) is 5.64. The average Bonchev–Trinajstić information content (AvgIpc) is 2.35. The monoisotopic (exact) mass is 340 g/mol. The van der Waals surface area contributed by atoms with Crippen molar-refractivity contribution in [1.29, 1.82) is 0 Å². The Bertz CT molecular complexity index is 575. The molecule has 0 bridgehead atoms. The van der Waals surface area contributed by atoms with Gasteiger partial charge in [0.1, 0.15) is 0 Å². The van der Waals surface area contributed by atoms with Crippen molar-refractivity contribution in [2.24, 2.45) is 0 Å². The highest BCUT2D eigenvalue weighted by atomic mass is 79.9. The number of carbonyl (C=O) groups excluding carboxylic acids is 1. The highest BCUT2D eigenvalue weighted by molar-refractivity contribution is 9.10. The molecule has 1 aromatic carbocycles. The van der Waals surface area contributed by atoms with Gasteiger partial charge in [0.2, 0.25) is 0 Å². The second-order valence-electron chi connectivity index (χ2n) is 4.10. The van der Waals surface area contributed by atoms with Crippen LogP contribution in [0.2, 0.25) is 0 Å². The van der Waals surface area contributed by atoms with Crippen LogP contribution in [0.5, 0.6) is 0 Å². The second kappa shape index (κ2) is 7.00. The van der Waals surface area contributed by atoms with E-state index in [0.29, 0.717) is 16.7 Å². The Morgan fingerprint density at radius 2 is 1.95 bits per heavy atom. The minimum atomic E-state index is -1.17. The molecule has 1 aromatic rings. The number of hydrogen-bond acceptors (Lipinski definition) is 3. The van der Waals surface area contributed by atoms with Gasteiger partial charge < -0.3 is 10.2 Å². The van der Waals surface area contributed by atoms with E-state index < -0.39 is 16.8 Å². The summed E-state index contributed by atoms with van der Waals surface area (Å²) in [5, 5.41) is 17.6. The molecule has 0 fully saturated rings. The lowest BCUT2D eigenvalue weighted by molar-refractivity contribution is -0.136. The second-order valence-corrected chi connectivity index (χ2v) is 5.47. The Morgan fingerprint density at radius 1 is 1.30 bits per heavy atom. The summed E-state index contributed by atoms with van der Waals surface area (Å²) < 4.78 is 0. The number of carbonyl (C=O) groups is 3. The van der Waals surface area contributed by atoms with E-state index in [0.717, 1.165) is 6.08 Å². The van der Waals surface area contributed by atoms with E-state index in [-0.39, 0.29) is 12.2 Å². The van der Waals surface area contributed by atoms with Gasteiger partial charge in [0.25, 0.3) is 0 Å². The average molecular weight is 341 g/mol. The van der Waals surface area contributed by atoms with Crippen LogP contribution < -0.4 is 0 Å². The minimum Gasteiger partial charge on any atom is -0.481 e. The fourth-order valence-electron chi connectivity index (χ4n) is 1.71. The number of benzene rings is 1. The van der Waals surface area contributed by atoms with Crippen LogP contribution in [0, 0.1) is 0 Å². The summed E-state index contributed by atoms with van der Waals surface area (Å²) in [7, 11) is 0. The molecule has 0 radical (unpaired) electrons. The largest absolute Gasteiger partial charge is 0.481 e. The fourth-order valence-corrected chi connectivity index (χ4v) is 1.96. The highest BCUT2D eigenvalue weighted by Crippen LogP contribution is 2.21. The van der Waals surface area contributed by atoms with Crippen LogP contribution in [0.15, 0.2) is 24.3 Å². The van der Waals surface area contributed by atoms with Crippen molar-refractivity contribution in [1.82, 2.24) is 0 Å². The molecule has 1 rings (SSSR count). The Hall–Kier alpha value is -1.95. The maximum Gasteiger partial charge on any atom is 0.328 e. The smallest absolute Gasteiger partial charge is 0.328 e. The third-order valence-electron chi connectivity index (χ3n) is 2.56. The van der Waals surface area contributed by atoms with Crippen LogP contribution in [-0.2, 0) is 16.0 Å². The van der Waals surface area contributed by atoms with Crippen LogP contribution >= 0.6 is 15.9 Å². The summed E-state index contributed by atoms with van der Waals surface area (Å²) in [4.78, 5) is 33.1. The van der Waals surface area contributed by atoms with Crippen molar-refractivity contribution in [3.8, 4) is 0 Å². The molecule has 0 aliphatic rings. The Morgan fingerprint density at radius 3 is 2.45 bits per heavy atom. The number of carboxylic acids is 2. The summed E-state index contributed by atoms with van der Waals surface area (Å²) >= 11 is 3.16. The number of ketones is 1. The van der Waals surface area contributed by atoms with E-state index >= 15 is 0 Å². The number of hydrogen-bond donors (Lipinski definition) is 2. The van der Waals surface area contributed by atoms with Crippen molar-refractivity contribution in [3.05, 3.63) is 41.0 Å². The molecule has 0 aromatic heterocycles. The molecule has 0 heterocycles. The van der Waals surface area contributed by atoms with Crippen LogP contribution in [0.25, 0.3) is 6.08 Å². The van der Waals surface area contributed by atoms with Gasteiger partial charge in [0, 0.05) is 11.6 Å². The number of alkyl halides is 1. The summed E-state index contributed by atoms with van der Waals surface area (Å²) in [6.45, 7) is 1.65. The van der Waals surface area contributed by atoms with Gasteiger partial charge in [-0.25, -0.2) is 4.79 Å². The van der Waals surface area contributed by atoms with Gasteiger partial charge in [-0.3, -0.25) is 9.59 Å². The first kappa shape index (κ1) is 16.1. The molecule has 20 heavy (non-hydrogen) atoms. The van der Waals surface area contributed by atoms with Crippen LogP contribution in [0.1, 0.15) is 28.4 Å². The van der Waals surface area contributed by atoms with Gasteiger partial charge in [-0.2, -0.15) is 0 Å². The van der Waals surface area contributed by atoms with Crippen molar-refractivity contribution in [2.75, 3.05) is 0 Å². The fraction of sp³-hybridized carbons (Fsp3) is 0.214. The van der Waals surface area contributed by atoms with Crippen molar-refractivity contribution in [3.63, 3.8) is 0 Å². The molecule has 106 valence electrons. The zero-order valence-corrected chi connectivity index (χ0v) is 12.3. The summed E-state index contributed by atoms with van der Waals surface area (Å²) in [6, 6.07) is 4.69. The first-order valence-corrected chi connectivity index (χ1v) is 6.67. The molecule has 1 unspecified atom stereocenters. The zero-order chi connectivity index (χ0) is 15.3. The van der Waals surface area contributed by atoms with Crippen LogP contribution in [0.4, 0.5) is 0 Å². The molecule has 0 aliphatic heterocycles. The van der Waals surface area contributed by atoms with Gasteiger partial charge in [-0.1, -0.05) is 34.1 Å². The van der Waals surface area contributed by atoms with E-state index in [1.165, 1.54) is 6.08 Å². The standard InChI is InChI=1S/C14H13BrO5/c1-8(15)14(20)11-4-2-3-9(7-13(18)19)10(11)5-6-12(16)17/h2-6,8H,7H2,1H3,(H,16,17)(H,18,19). The normalized spacial score (nSPS) is 12.3. The molecule has 1 atom stereocenters. The molecular weight excluding hydrogens is 328 g/mol. The first-order valence-electron chi connectivity index (χ1n) is 5.76. The van der Waals surface area contributed by atoms with E-state index in [4.69, 9.17) is 10.2 Å². The molecule has 2 N–H and O–H groups in total. The van der Waals surface area contributed by atoms with Gasteiger partial charge in [-0.05, 0) is 24.1 Å². The third-order valence-corrected chi connectivity index (χ3v) is 2.97. The number of carboxylic acid groups (broad SMARTS) is 2. The molecule has 5 nitrogen and oxygen atoms in total. The van der Waals surface area contributed by atoms with E-state index in [9.17, 15) is 14.4 Å². The van der Waals surface area contributed by atoms with Gasteiger partial charge in [0.15, 0.2) is 5.78 Å². The summed E-state index contributed by atoms with van der Waals surface area (Å²) in [5.74, 6) is -2.45. The van der Waals surface area contributed by atoms with Gasteiger partial charge in [0.05, 0.1) is 11.2 Å². The molecule has 0 saturated carbocycles. The van der Waals surface area contributed by atoms with Gasteiger partial charge in [-0.15, -0.1) is 0 Å². The molecular formula is C14H13BrO5. The lowest BCUT2D eigenvalue weighted by Crippen LogP contribution is -2.14. The minimum absolute atomic E-state index is 0.234. The van der Waals surface area contributed by atoms with Crippen molar-refractivity contribution in [2.45, 2.75) is 18.2 Å². The Labute approximate surface area is 124 Å². The number of halogens is 1. The van der Waals surface area contributed by atoms with Crippen LogP contribution in [-0.4, -0.2) is 32.8 Å². The van der Waals surface area contributed by atoms with Crippen molar-refractivity contribution >= 4 is 39.7 Å². The zero-order valence-electron chi connectivity index (χ0n) is 10.7. The third kappa shape index (κ3) is 4.31. The molecule has 0 aliphatic carbocycles. The Balaban J connectivity index is 3.39. The maximum absolute atomic E-state index is 12.1. The van der Waals surface area contributed by atoms with E-state index in [2.05, 4.69) is 15.9 Å². The lowest BCUT2D eigenvalue weighted by Gasteiger charge is -2.11. The predicted octanol–water partition coefficient (Wildman–Crippen LogP) is 2.38. The lowest BCUT2D eigenvalue weighted by atomic mass is 9.95. The van der Waals surface area contributed by atoms with Gasteiger partial charge >= 0.3 is 11.9 Å². The maximum atomic E-state index is 12.1. The number of aliphatic carboxylic acids is 2. The molecule has 0 saturated heterocycles. The molecule has 0 spiro atoms. The summed E-state index contributed by atoms with van der Waals surface area (Å²) in [5.41, 5.74) is 1.02. The summed E-state index contributed by atoms with van der Waals surface area (Å²) in [6.07, 6.45) is 1.86. The van der Waals surface area contributed by atoms with E-state index in [1.54, 1.807) is 25.1 Å². The first-order chi connectivity index (χ1) is 9.32. The number of rotatable bonds is 6. The quantitative estimate of drug-likeness (QED) is 0.471. The van der Waals surface area contributed by atoms with E-state index in [1.807, 2.05) is 0 Å². The SMILES string of the molecule is CC(Br)C(=O)c1cccc(CC(=O)O)c1C=CC(=O)O.